The molecule has 1 amide bonds. The molecule has 0 saturated carbocycles. The van der Waals surface area contributed by atoms with Crippen molar-refractivity contribution in [2.45, 2.75) is 69.0 Å². The molecule has 0 bridgehead atoms. The summed E-state index contributed by atoms with van der Waals surface area (Å²) >= 11 is 0. The van der Waals surface area contributed by atoms with Gasteiger partial charge in [0.2, 0.25) is 15.4 Å². The molecule has 25 heteroatoms. The molecule has 3 aliphatic heterocycles. The largest absolute Gasteiger partial charge is 0.346 e. The number of ether oxygens (including phenoxy) is 2. The number of carbonyl (C=O) groups is 1. The van der Waals surface area contributed by atoms with E-state index in [1.54, 1.807) is 37.3 Å². The Hall–Kier alpha value is -4.77. The van der Waals surface area contributed by atoms with Gasteiger partial charge < -0.3 is 28.4 Å². The zero-order chi connectivity index (χ0) is 41.1. The summed E-state index contributed by atoms with van der Waals surface area (Å²) in [5.41, 5.74) is 2.10. The minimum absolute atomic E-state index is 0.000506. The summed E-state index contributed by atoms with van der Waals surface area (Å²) in [7, 11) is -6.80. The highest BCUT2D eigenvalue weighted by Gasteiger charge is 2.56. The van der Waals surface area contributed by atoms with E-state index in [4.69, 9.17) is 36.6 Å². The molecule has 3 fully saturated rings. The third kappa shape index (κ3) is 8.50. The lowest BCUT2D eigenvalue weighted by atomic mass is 10.1. The lowest BCUT2D eigenvalue weighted by Crippen LogP contribution is -2.38. The van der Waals surface area contributed by atoms with Crippen molar-refractivity contribution in [3.63, 3.8) is 0 Å². The van der Waals surface area contributed by atoms with Gasteiger partial charge in [-0.25, -0.2) is 52.3 Å². The molecular weight excluding hydrogens is 817 g/mol. The second-order valence-corrected chi connectivity index (χ2v) is 15.2. The average molecular weight is 853 g/mol. The van der Waals surface area contributed by atoms with E-state index in [0.29, 0.717) is 22.4 Å². The highest BCUT2D eigenvalue weighted by Crippen LogP contribution is 2.61. The van der Waals surface area contributed by atoms with E-state index < -0.39 is 79.1 Å². The van der Waals surface area contributed by atoms with Gasteiger partial charge in [-0.15, -0.1) is 0 Å². The Morgan fingerprint density at radius 1 is 0.915 bits per heavy atom. The molecule has 1 N–H and O–H groups in total. The number of carbonyl (C=O) groups excluding carboxylic acids is 1. The maximum absolute atomic E-state index is 17.0. The first-order valence-electron chi connectivity index (χ1n) is 17.8. The number of aryl methyl sites for hydroxylation is 1. The highest BCUT2D eigenvalue weighted by molar-refractivity contribution is 7.85. The Morgan fingerprint density at radius 2 is 1.56 bits per heavy atom. The van der Waals surface area contributed by atoms with Gasteiger partial charge in [0.15, 0.2) is 53.5 Å². The van der Waals surface area contributed by atoms with E-state index in [1.165, 1.54) is 34.4 Å². The van der Waals surface area contributed by atoms with Gasteiger partial charge in [-0.05, 0) is 19.1 Å². The number of benzene rings is 1. The summed E-state index contributed by atoms with van der Waals surface area (Å²) in [5, 5.41) is 21.2. The van der Waals surface area contributed by atoms with E-state index in [2.05, 4.69) is 35.2 Å². The Kier molecular flexibility index (Phi) is 12.4. The number of hydrogen-bond acceptors (Lipinski definition) is 17. The van der Waals surface area contributed by atoms with E-state index in [1.807, 2.05) is 12.1 Å². The van der Waals surface area contributed by atoms with Crippen molar-refractivity contribution in [2.24, 2.45) is 0 Å². The number of aromatic nitrogens is 8. The first kappa shape index (κ1) is 41.0. The normalized spacial score (nSPS) is 29.8. The van der Waals surface area contributed by atoms with Crippen LogP contribution in [0.4, 0.5) is 14.6 Å². The summed E-state index contributed by atoms with van der Waals surface area (Å²) in [5.74, 6) is -0.339. The fourth-order valence-electron chi connectivity index (χ4n) is 6.41. The predicted octanol–water partition coefficient (Wildman–Crippen LogP) is 3.65. The van der Waals surface area contributed by atoms with Crippen LogP contribution in [0.5, 0.6) is 0 Å². The molecule has 1 aromatic carbocycles. The summed E-state index contributed by atoms with van der Waals surface area (Å²) < 4.78 is 86.2. The van der Waals surface area contributed by atoms with Crippen LogP contribution in [0.2, 0.25) is 0 Å². The molecule has 10 atom stereocenters. The van der Waals surface area contributed by atoms with Gasteiger partial charge in [-0.3, -0.25) is 13.9 Å². The van der Waals surface area contributed by atoms with Crippen LogP contribution in [0.25, 0.3) is 22.3 Å². The molecule has 5 aromatic rings. The minimum Gasteiger partial charge on any atom is -0.346 e. The lowest BCUT2D eigenvalue weighted by Gasteiger charge is -2.32. The van der Waals surface area contributed by atoms with E-state index >= 15 is 8.78 Å². The fraction of sp³-hybridized carbons (Fsp3) is 0.441. The number of nitrogens with one attached hydrogen (secondary N) is 1. The van der Waals surface area contributed by atoms with Crippen LogP contribution in [-0.4, -0.2) is 116 Å². The molecule has 4 aromatic heterocycles. The molecule has 0 aliphatic carbocycles. The quantitative estimate of drug-likeness (QED) is 0.120. The molecule has 3 saturated heterocycles. The Morgan fingerprint density at radius 3 is 2.29 bits per heavy atom. The number of rotatable bonds is 10. The molecule has 3 unspecified atom stereocenters. The van der Waals surface area contributed by atoms with Gasteiger partial charge >= 0.3 is 8.60 Å². The zero-order valence-electron chi connectivity index (χ0n) is 30.4. The van der Waals surface area contributed by atoms with E-state index in [-0.39, 0.29) is 56.3 Å². The minimum atomic E-state index is -3.32. The molecule has 0 spiro atoms. The summed E-state index contributed by atoms with van der Waals surface area (Å²) in [4.78, 5) is 38.7. The maximum Gasteiger partial charge on any atom is 0.333 e. The summed E-state index contributed by atoms with van der Waals surface area (Å²) in [6, 6.07) is 12.5. The average Bonchev–Trinajstić information content (AvgIpc) is 4.01. The second-order valence-electron chi connectivity index (χ2n) is 12.8. The smallest absolute Gasteiger partial charge is 0.333 e. The molecule has 7 heterocycles. The molecule has 8 rings (SSSR count). The van der Waals surface area contributed by atoms with Crippen molar-refractivity contribution in [3.8, 4) is 12.1 Å². The third-order valence-electron chi connectivity index (χ3n) is 9.18. The summed E-state index contributed by atoms with van der Waals surface area (Å²) in [6.07, 6.45) is -6.10. The van der Waals surface area contributed by atoms with Crippen LogP contribution in [0, 0.1) is 29.6 Å². The third-order valence-corrected chi connectivity index (χ3v) is 11.5. The number of imidazole rings is 2. The van der Waals surface area contributed by atoms with Crippen LogP contribution < -0.4 is 5.32 Å². The number of hydrogen-bond donors (Lipinski definition) is 1. The van der Waals surface area contributed by atoms with Crippen molar-refractivity contribution in [1.29, 1.82) is 10.5 Å². The van der Waals surface area contributed by atoms with Crippen LogP contribution in [0.3, 0.4) is 0 Å². The van der Waals surface area contributed by atoms with Crippen molar-refractivity contribution in [1.82, 2.24) is 39.0 Å². The summed E-state index contributed by atoms with van der Waals surface area (Å²) in [6.45, 7) is 0.879. The van der Waals surface area contributed by atoms with E-state index in [0.717, 1.165) is 0 Å². The SMILES string of the molecule is [BH3-][P+]1(OCCC#N)OC[C@H]2O[C@@H](n3cnc4c(C)ncnc43)[C@H](F)[C@@H]2OP(OCCC#N)OCC2O[C@@H](n3cnc4c(NC(=O)c5ccccc5)ncnc43)[C@H](F)[C@@H]2O1. The van der Waals surface area contributed by atoms with Gasteiger partial charge in [0.25, 0.3) is 5.91 Å². The van der Waals surface area contributed by atoms with Gasteiger partial charge in [0, 0.05) is 5.56 Å². The first-order chi connectivity index (χ1) is 28.7. The topological polar surface area (TPSA) is 238 Å². The first-order valence-corrected chi connectivity index (χ1v) is 20.0. The molecule has 3 aliphatic rings. The standard InChI is InChI=1S/C34H36BF2N11O9P2/c1-19-25-30(42-15-40-19)47(17-44-25)33-23(36)27-22(55-33)14-53-59(35,52-12-6-10-39)57-28-21(13-51-58(56-27)50-11-5-9-38)54-34(24(28)37)48-18-45-26-29(41-16-43-31(26)48)46-32(49)20-7-3-2-4-8-20/h2-4,7-8,15-18,21-24,27-28,33-34H,5-6,11-14H2,1,35H3,(H,41,43,46,49)/t21?,22-,23-,24-,27-,28-,33-,34-,58?,59?/m1/s1. The number of nitrogens with zero attached hydrogens (tertiary/aromatic N) is 10. The van der Waals surface area contributed by atoms with Crippen LogP contribution in [0.15, 0.2) is 55.6 Å². The highest BCUT2D eigenvalue weighted by atomic mass is 31.2. The van der Waals surface area contributed by atoms with Gasteiger partial charge in [-0.1, -0.05) is 18.2 Å². The number of fused-ring (bicyclic) bond motifs is 4. The number of alkyl halides is 2. The van der Waals surface area contributed by atoms with Crippen LogP contribution >= 0.6 is 16.4 Å². The predicted molar refractivity (Wildman–Crippen MR) is 205 cm³/mol. The van der Waals surface area contributed by atoms with Crippen LogP contribution in [0.1, 0.15) is 41.3 Å². The Balaban J connectivity index is 1.09. The van der Waals surface area contributed by atoms with Crippen molar-refractivity contribution in [2.75, 3.05) is 31.7 Å². The van der Waals surface area contributed by atoms with Crippen LogP contribution in [-0.2, 0) is 36.6 Å². The lowest BCUT2D eigenvalue weighted by molar-refractivity contribution is -0.0615. The van der Waals surface area contributed by atoms with Gasteiger partial charge in [0.05, 0.1) is 56.5 Å². The van der Waals surface area contributed by atoms with Crippen molar-refractivity contribution >= 4 is 58.0 Å². The maximum atomic E-state index is 17.0. The van der Waals surface area contributed by atoms with Crippen molar-refractivity contribution in [3.05, 3.63) is 66.9 Å². The Bertz CT molecular complexity index is 2380. The molecule has 0 radical (unpaired) electrons. The number of anilines is 1. The van der Waals surface area contributed by atoms with Gasteiger partial charge in [0.1, 0.15) is 49.7 Å². The zero-order valence-corrected chi connectivity index (χ0v) is 32.1. The number of nitriles is 2. The second kappa shape index (κ2) is 17.8. The molecule has 20 nitrogen and oxygen atoms in total. The van der Waals surface area contributed by atoms with Gasteiger partial charge in [-0.2, -0.15) is 10.5 Å². The van der Waals surface area contributed by atoms with E-state index in [9.17, 15) is 15.3 Å². The Labute approximate surface area is 337 Å². The molecule has 308 valence electrons. The monoisotopic (exact) mass is 853 g/mol. The molecule has 59 heavy (non-hydrogen) atoms. The fourth-order valence-corrected chi connectivity index (χ4v) is 8.72. The van der Waals surface area contributed by atoms with Crippen molar-refractivity contribution < 1.29 is 50.2 Å². The number of halogens is 2. The number of amides is 1. The molecular formula is C34H36BF2N11O9P2.